The third-order valence-corrected chi connectivity index (χ3v) is 4.38. The van der Waals surface area contributed by atoms with E-state index in [-0.39, 0.29) is 5.91 Å². The van der Waals surface area contributed by atoms with Gasteiger partial charge in [-0.1, -0.05) is 12.1 Å². The quantitative estimate of drug-likeness (QED) is 0.932. The molecule has 0 unspecified atom stereocenters. The molecular formula is C14H18BrNO2. The monoisotopic (exact) mass is 311 g/mol. The topological polar surface area (TPSA) is 38.3 Å². The lowest BCUT2D eigenvalue weighted by molar-refractivity contribution is 0.0642. The number of ether oxygens (including phenoxy) is 1. The fraction of sp³-hybridized carbons (Fsp3) is 0.500. The van der Waals surface area contributed by atoms with Crippen molar-refractivity contribution >= 4 is 21.8 Å². The van der Waals surface area contributed by atoms with Crippen LogP contribution in [0.1, 0.15) is 28.8 Å². The molecule has 4 heteroatoms. The number of carbonyl (C=O) groups excluding carboxylic acids is 1. The van der Waals surface area contributed by atoms with Gasteiger partial charge in [0.1, 0.15) is 0 Å². The average molecular weight is 312 g/mol. The molecule has 18 heavy (non-hydrogen) atoms. The largest absolute Gasteiger partial charge is 0.381 e. The van der Waals surface area contributed by atoms with E-state index in [1.54, 1.807) is 0 Å². The van der Waals surface area contributed by atoms with E-state index in [4.69, 9.17) is 4.74 Å². The van der Waals surface area contributed by atoms with Gasteiger partial charge in [0, 0.05) is 24.2 Å². The van der Waals surface area contributed by atoms with Crippen LogP contribution in [-0.2, 0) is 4.74 Å². The number of halogens is 1. The molecule has 3 nitrogen and oxygen atoms in total. The summed E-state index contributed by atoms with van der Waals surface area (Å²) in [5, 5.41) is 3.01. The van der Waals surface area contributed by atoms with Crippen molar-refractivity contribution in [3.05, 3.63) is 33.8 Å². The van der Waals surface area contributed by atoms with Gasteiger partial charge in [-0.2, -0.15) is 0 Å². The molecule has 1 aromatic rings. The Bertz CT molecular complexity index is 428. The molecule has 2 rings (SSSR count). The van der Waals surface area contributed by atoms with Gasteiger partial charge in [-0.15, -0.1) is 0 Å². The summed E-state index contributed by atoms with van der Waals surface area (Å²) < 4.78 is 6.19. The predicted molar refractivity (Wildman–Crippen MR) is 74.8 cm³/mol. The Labute approximate surface area is 116 Å². The number of amides is 1. The summed E-state index contributed by atoms with van der Waals surface area (Å²) >= 11 is 3.47. The number of benzene rings is 1. The molecule has 0 spiro atoms. The molecule has 1 heterocycles. The third-order valence-electron chi connectivity index (χ3n) is 3.33. The maximum atomic E-state index is 12.1. The normalized spacial score (nSPS) is 16.6. The van der Waals surface area contributed by atoms with Crippen LogP contribution in [-0.4, -0.2) is 25.7 Å². The first kappa shape index (κ1) is 13.6. The Morgan fingerprint density at radius 2 is 2.17 bits per heavy atom. The maximum absolute atomic E-state index is 12.1. The van der Waals surface area contributed by atoms with Crippen LogP contribution in [0.5, 0.6) is 0 Å². The van der Waals surface area contributed by atoms with Crippen molar-refractivity contribution < 1.29 is 9.53 Å². The second-order valence-electron chi connectivity index (χ2n) is 4.70. The first-order valence-corrected chi connectivity index (χ1v) is 7.09. The summed E-state index contributed by atoms with van der Waals surface area (Å²) in [4.78, 5) is 12.1. The molecule has 1 fully saturated rings. The molecule has 1 saturated heterocycles. The van der Waals surface area contributed by atoms with Gasteiger partial charge in [-0.25, -0.2) is 0 Å². The molecule has 0 bridgehead atoms. The molecule has 1 aromatic carbocycles. The molecular weight excluding hydrogens is 294 g/mol. The van der Waals surface area contributed by atoms with Gasteiger partial charge < -0.3 is 10.1 Å². The highest BCUT2D eigenvalue weighted by molar-refractivity contribution is 9.10. The molecule has 98 valence electrons. The van der Waals surface area contributed by atoms with E-state index >= 15 is 0 Å². The van der Waals surface area contributed by atoms with Gasteiger partial charge in [0.25, 0.3) is 5.91 Å². The van der Waals surface area contributed by atoms with Gasteiger partial charge in [-0.3, -0.25) is 4.79 Å². The number of hydrogen-bond donors (Lipinski definition) is 1. The van der Waals surface area contributed by atoms with Gasteiger partial charge in [0.15, 0.2) is 0 Å². The van der Waals surface area contributed by atoms with Crippen molar-refractivity contribution in [2.75, 3.05) is 19.8 Å². The van der Waals surface area contributed by atoms with Crippen molar-refractivity contribution in [2.45, 2.75) is 19.8 Å². The average Bonchev–Trinajstić information content (AvgIpc) is 2.40. The standard InChI is InChI=1S/C14H18BrNO2/c1-10-3-2-4-12(13(10)15)14(17)16-9-11-5-7-18-8-6-11/h2-4,11H,5-9H2,1H3,(H,16,17). The smallest absolute Gasteiger partial charge is 0.252 e. The van der Waals surface area contributed by atoms with Crippen LogP contribution < -0.4 is 5.32 Å². The molecule has 1 amide bonds. The van der Waals surface area contributed by atoms with E-state index in [1.165, 1.54) is 0 Å². The first-order chi connectivity index (χ1) is 8.68. The van der Waals surface area contributed by atoms with Crippen LogP contribution in [0.25, 0.3) is 0 Å². The number of rotatable bonds is 3. The van der Waals surface area contributed by atoms with Crippen LogP contribution in [0.3, 0.4) is 0 Å². The van der Waals surface area contributed by atoms with E-state index in [2.05, 4.69) is 21.2 Å². The number of aryl methyl sites for hydroxylation is 1. The van der Waals surface area contributed by atoms with Crippen molar-refractivity contribution in [2.24, 2.45) is 5.92 Å². The minimum atomic E-state index is -0.00272. The molecule has 1 N–H and O–H groups in total. The zero-order valence-corrected chi connectivity index (χ0v) is 12.1. The van der Waals surface area contributed by atoms with Crippen LogP contribution >= 0.6 is 15.9 Å². The van der Waals surface area contributed by atoms with Crippen LogP contribution in [0.15, 0.2) is 22.7 Å². The molecule has 0 saturated carbocycles. The van der Waals surface area contributed by atoms with E-state index in [9.17, 15) is 4.79 Å². The Morgan fingerprint density at radius 3 is 2.89 bits per heavy atom. The summed E-state index contributed by atoms with van der Waals surface area (Å²) in [7, 11) is 0. The summed E-state index contributed by atoms with van der Waals surface area (Å²) in [6, 6.07) is 5.74. The summed E-state index contributed by atoms with van der Waals surface area (Å²) in [5.74, 6) is 0.545. The Hall–Kier alpha value is -0.870. The van der Waals surface area contributed by atoms with Gasteiger partial charge >= 0.3 is 0 Å². The first-order valence-electron chi connectivity index (χ1n) is 6.29. The van der Waals surface area contributed by atoms with Crippen LogP contribution in [0, 0.1) is 12.8 Å². The van der Waals surface area contributed by atoms with Crippen molar-refractivity contribution in [1.82, 2.24) is 5.32 Å². The molecule has 0 aliphatic carbocycles. The zero-order valence-electron chi connectivity index (χ0n) is 10.5. The highest BCUT2D eigenvalue weighted by Gasteiger charge is 2.16. The number of hydrogen-bond acceptors (Lipinski definition) is 2. The lowest BCUT2D eigenvalue weighted by Crippen LogP contribution is -2.32. The lowest BCUT2D eigenvalue weighted by atomic mass is 10.0. The fourth-order valence-electron chi connectivity index (χ4n) is 2.11. The second-order valence-corrected chi connectivity index (χ2v) is 5.50. The van der Waals surface area contributed by atoms with Crippen molar-refractivity contribution in [3.63, 3.8) is 0 Å². The molecule has 0 radical (unpaired) electrons. The van der Waals surface area contributed by atoms with Crippen molar-refractivity contribution in [1.29, 1.82) is 0 Å². The molecule has 1 aliphatic rings. The van der Waals surface area contributed by atoms with E-state index in [1.807, 2.05) is 25.1 Å². The zero-order chi connectivity index (χ0) is 13.0. The maximum Gasteiger partial charge on any atom is 0.252 e. The van der Waals surface area contributed by atoms with E-state index in [0.29, 0.717) is 11.5 Å². The minimum absolute atomic E-state index is 0.00272. The molecule has 0 atom stereocenters. The van der Waals surface area contributed by atoms with Gasteiger partial charge in [-0.05, 0) is 53.2 Å². The Kier molecular flexibility index (Phi) is 4.78. The minimum Gasteiger partial charge on any atom is -0.381 e. The van der Waals surface area contributed by atoms with Crippen molar-refractivity contribution in [3.8, 4) is 0 Å². The van der Waals surface area contributed by atoms with Crippen LogP contribution in [0.4, 0.5) is 0 Å². The molecule has 0 aromatic heterocycles. The summed E-state index contributed by atoms with van der Waals surface area (Å²) in [6.45, 7) is 4.35. The second kappa shape index (κ2) is 6.34. The lowest BCUT2D eigenvalue weighted by Gasteiger charge is -2.22. The Balaban J connectivity index is 1.93. The van der Waals surface area contributed by atoms with E-state index < -0.39 is 0 Å². The molecule has 1 aliphatic heterocycles. The highest BCUT2D eigenvalue weighted by Crippen LogP contribution is 2.21. The third kappa shape index (κ3) is 3.33. The summed E-state index contributed by atoms with van der Waals surface area (Å²) in [6.07, 6.45) is 2.07. The Morgan fingerprint density at radius 1 is 1.44 bits per heavy atom. The fourth-order valence-corrected chi connectivity index (χ4v) is 2.55. The van der Waals surface area contributed by atoms with Gasteiger partial charge in [0.05, 0.1) is 5.56 Å². The van der Waals surface area contributed by atoms with Gasteiger partial charge in [0.2, 0.25) is 0 Å². The summed E-state index contributed by atoms with van der Waals surface area (Å²) in [5.41, 5.74) is 1.79. The SMILES string of the molecule is Cc1cccc(C(=O)NCC2CCOCC2)c1Br. The predicted octanol–water partition coefficient (Wildman–Crippen LogP) is 2.91. The number of carbonyl (C=O) groups is 1. The highest BCUT2D eigenvalue weighted by atomic mass is 79.9. The van der Waals surface area contributed by atoms with E-state index in [0.717, 1.165) is 42.6 Å². The van der Waals surface area contributed by atoms with Crippen LogP contribution in [0.2, 0.25) is 0 Å². The number of nitrogens with one attached hydrogen (secondary N) is 1.